The van der Waals surface area contributed by atoms with Gasteiger partial charge in [0.1, 0.15) is 17.8 Å². The Kier molecular flexibility index (Phi) is 4.53. The van der Waals surface area contributed by atoms with E-state index in [-0.39, 0.29) is 6.03 Å². The van der Waals surface area contributed by atoms with Crippen LogP contribution in [0.4, 0.5) is 20.8 Å². The van der Waals surface area contributed by atoms with Crippen LogP contribution in [0.2, 0.25) is 0 Å². The van der Waals surface area contributed by atoms with Gasteiger partial charge in [-0.3, -0.25) is 10.3 Å². The van der Waals surface area contributed by atoms with Gasteiger partial charge in [-0.15, -0.1) is 0 Å². The maximum Gasteiger partial charge on any atom is 0.327 e. The van der Waals surface area contributed by atoms with Crippen molar-refractivity contribution in [2.24, 2.45) is 0 Å². The number of pyridine rings is 2. The van der Waals surface area contributed by atoms with E-state index in [1.165, 1.54) is 0 Å². The van der Waals surface area contributed by atoms with Crippen molar-refractivity contribution in [3.63, 3.8) is 0 Å². The molecule has 138 valence electrons. The molecule has 0 aromatic carbocycles. The molecular weight excluding hydrogens is 347 g/mol. The molecule has 4 rings (SSSR count). The van der Waals surface area contributed by atoms with Crippen LogP contribution in [0.1, 0.15) is 12.0 Å². The maximum absolute atomic E-state index is 13.3. The summed E-state index contributed by atoms with van der Waals surface area (Å²) in [6.07, 6.45) is 4.78. The lowest BCUT2D eigenvalue weighted by molar-refractivity contribution is -0.111. The first-order valence-electron chi connectivity index (χ1n) is 8.78. The number of anilines is 2. The largest absolute Gasteiger partial charge is 0.354 e. The average Bonchev–Trinajstić information content (AvgIpc) is 3.28. The van der Waals surface area contributed by atoms with Crippen LogP contribution in [0, 0.1) is 0 Å². The Labute approximate surface area is 156 Å². The van der Waals surface area contributed by atoms with E-state index in [1.807, 2.05) is 23.1 Å². The molecule has 2 aromatic rings. The second-order valence-electron chi connectivity index (χ2n) is 6.57. The monoisotopic (exact) mass is 367 g/mol. The number of nitrogens with zero attached hydrogens (tertiary/aromatic N) is 4. The fourth-order valence-corrected chi connectivity index (χ4v) is 3.21. The fourth-order valence-electron chi connectivity index (χ4n) is 3.21. The number of nitrogens with two attached hydrogens (primary N) is 1. The summed E-state index contributed by atoms with van der Waals surface area (Å²) >= 11 is 0. The van der Waals surface area contributed by atoms with Crippen molar-refractivity contribution in [1.29, 1.82) is 0 Å². The summed E-state index contributed by atoms with van der Waals surface area (Å²) < 4.78 is 13.3. The van der Waals surface area contributed by atoms with Crippen LogP contribution in [0.15, 0.2) is 54.5 Å². The van der Waals surface area contributed by atoms with Crippen molar-refractivity contribution in [2.45, 2.75) is 12.6 Å². The number of hydrogen-bond donors (Lipinski definition) is 2. The third-order valence-corrected chi connectivity index (χ3v) is 4.63. The van der Waals surface area contributed by atoms with Crippen LogP contribution < -0.4 is 20.5 Å². The van der Waals surface area contributed by atoms with Crippen LogP contribution in [0.25, 0.3) is 0 Å². The van der Waals surface area contributed by atoms with Gasteiger partial charge in [0.2, 0.25) is 5.71 Å². The van der Waals surface area contributed by atoms with E-state index < -0.39 is 6.17 Å². The summed E-state index contributed by atoms with van der Waals surface area (Å²) in [5.41, 5.74) is 1.93. The van der Waals surface area contributed by atoms with Gasteiger partial charge in [0.15, 0.2) is 0 Å². The molecule has 0 saturated carbocycles. The van der Waals surface area contributed by atoms with Crippen molar-refractivity contribution in [3.8, 4) is 0 Å². The molecule has 0 radical (unpaired) electrons. The molecule has 27 heavy (non-hydrogen) atoms. The van der Waals surface area contributed by atoms with Gasteiger partial charge in [-0.1, -0.05) is 6.07 Å². The van der Waals surface area contributed by atoms with Crippen molar-refractivity contribution < 1.29 is 14.6 Å². The minimum atomic E-state index is -0.791. The maximum atomic E-state index is 13.3. The summed E-state index contributed by atoms with van der Waals surface area (Å²) in [6, 6.07) is 8.86. The Morgan fingerprint density at radius 1 is 1.26 bits per heavy atom. The van der Waals surface area contributed by atoms with E-state index in [1.54, 1.807) is 35.5 Å². The summed E-state index contributed by atoms with van der Waals surface area (Å²) in [6.45, 7) is 1.42. The lowest BCUT2D eigenvalue weighted by Crippen LogP contribution is -2.39. The fraction of sp³-hybridized carbons (Fsp3) is 0.263. The lowest BCUT2D eigenvalue weighted by Gasteiger charge is -2.15. The average molecular weight is 367 g/mol. The molecule has 2 aliphatic rings. The molecule has 2 aliphatic heterocycles. The zero-order valence-electron chi connectivity index (χ0n) is 14.7. The van der Waals surface area contributed by atoms with Crippen molar-refractivity contribution in [2.75, 3.05) is 29.4 Å². The first-order chi connectivity index (χ1) is 13.1. The summed E-state index contributed by atoms with van der Waals surface area (Å²) in [4.78, 5) is 24.2. The number of halogens is 1. The molecule has 0 unspecified atom stereocenters. The van der Waals surface area contributed by atoms with E-state index in [0.29, 0.717) is 43.3 Å². The SMILES string of the molecule is [NH2+]=C(/C=C1/CN(c2ccccn2)C(=O)N1)c1ccc(N2CC[C@H](F)C2)nc1. The molecular formula is C19H20FN6O+. The molecule has 2 amide bonds. The Morgan fingerprint density at radius 2 is 2.15 bits per heavy atom. The van der Waals surface area contributed by atoms with E-state index in [4.69, 9.17) is 5.41 Å². The van der Waals surface area contributed by atoms with Gasteiger partial charge in [-0.2, -0.15) is 0 Å². The number of carbonyl (C=O) groups is 1. The zero-order valence-corrected chi connectivity index (χ0v) is 14.7. The van der Waals surface area contributed by atoms with Crippen molar-refractivity contribution in [1.82, 2.24) is 15.3 Å². The predicted octanol–water partition coefficient (Wildman–Crippen LogP) is 0.687. The molecule has 1 atom stereocenters. The smallest absolute Gasteiger partial charge is 0.327 e. The number of urea groups is 1. The van der Waals surface area contributed by atoms with E-state index in [0.717, 1.165) is 11.4 Å². The van der Waals surface area contributed by atoms with Crippen LogP contribution >= 0.6 is 0 Å². The second kappa shape index (κ2) is 7.14. The highest BCUT2D eigenvalue weighted by atomic mass is 19.1. The number of allylic oxidation sites excluding steroid dienone is 1. The minimum Gasteiger partial charge on any atom is -0.354 e. The van der Waals surface area contributed by atoms with Crippen molar-refractivity contribution >= 4 is 23.4 Å². The first kappa shape index (κ1) is 17.1. The Balaban J connectivity index is 1.45. The predicted molar refractivity (Wildman–Crippen MR) is 100 cm³/mol. The molecule has 8 heteroatoms. The summed E-state index contributed by atoms with van der Waals surface area (Å²) in [5, 5.41) is 8.97. The number of aromatic nitrogens is 2. The quantitative estimate of drug-likeness (QED) is 0.779. The number of amides is 2. The number of rotatable bonds is 4. The molecule has 2 aromatic heterocycles. The highest BCUT2D eigenvalue weighted by Crippen LogP contribution is 2.20. The minimum absolute atomic E-state index is 0.240. The van der Waals surface area contributed by atoms with E-state index in [9.17, 15) is 9.18 Å². The molecule has 0 bridgehead atoms. The molecule has 0 aliphatic carbocycles. The summed E-state index contributed by atoms with van der Waals surface area (Å²) in [5.74, 6) is 1.33. The molecule has 2 fully saturated rings. The Morgan fingerprint density at radius 3 is 2.81 bits per heavy atom. The Bertz CT molecular complexity index is 883. The van der Waals surface area contributed by atoms with Crippen molar-refractivity contribution in [3.05, 3.63) is 60.1 Å². The lowest BCUT2D eigenvalue weighted by atomic mass is 10.1. The number of alkyl halides is 1. The third kappa shape index (κ3) is 3.64. The zero-order chi connectivity index (χ0) is 18.8. The highest BCUT2D eigenvalue weighted by Gasteiger charge is 2.27. The summed E-state index contributed by atoms with van der Waals surface area (Å²) in [7, 11) is 0. The standard InChI is InChI=1S/C19H19FN6O/c20-14-6-8-25(11-14)17-5-4-13(10-23-17)16(21)9-15-12-26(19(27)24-15)18-3-1-2-7-22-18/h1-5,7,9-10,14,21H,6,8,11-12H2,(H,24,27)/p+1/b15-9-,21-16?/t14-/m0/s1. The molecule has 0 spiro atoms. The topological polar surface area (TPSA) is 86.9 Å². The van der Waals surface area contributed by atoms with Gasteiger partial charge < -0.3 is 10.2 Å². The van der Waals surface area contributed by atoms with Crippen LogP contribution in [-0.4, -0.2) is 47.5 Å². The first-order valence-corrected chi connectivity index (χ1v) is 8.78. The van der Waals surface area contributed by atoms with Crippen LogP contribution in [-0.2, 0) is 0 Å². The van der Waals surface area contributed by atoms with Crippen LogP contribution in [0.5, 0.6) is 0 Å². The van der Waals surface area contributed by atoms with Gasteiger partial charge in [0.25, 0.3) is 0 Å². The van der Waals surface area contributed by atoms with Crippen LogP contribution in [0.3, 0.4) is 0 Å². The second-order valence-corrected chi connectivity index (χ2v) is 6.57. The van der Waals surface area contributed by atoms with Gasteiger partial charge in [0.05, 0.1) is 18.7 Å². The van der Waals surface area contributed by atoms with Gasteiger partial charge >= 0.3 is 6.03 Å². The third-order valence-electron chi connectivity index (χ3n) is 4.63. The van der Waals surface area contributed by atoms with Gasteiger partial charge in [-0.05, 0) is 30.7 Å². The number of carbonyl (C=O) groups excluding carboxylic acids is 1. The van der Waals surface area contributed by atoms with Gasteiger partial charge in [0, 0.05) is 30.7 Å². The highest BCUT2D eigenvalue weighted by molar-refractivity contribution is 6.06. The molecule has 4 heterocycles. The number of hydrogen-bond acceptors (Lipinski definition) is 4. The molecule has 3 N–H and O–H groups in total. The molecule has 7 nitrogen and oxygen atoms in total. The van der Waals surface area contributed by atoms with Gasteiger partial charge in [-0.25, -0.2) is 19.2 Å². The Hall–Kier alpha value is -3.29. The normalized spacial score (nSPS) is 21.0. The van der Waals surface area contributed by atoms with E-state index in [2.05, 4.69) is 15.3 Å². The van der Waals surface area contributed by atoms with E-state index >= 15 is 0 Å². The molecule has 2 saturated heterocycles. The number of nitrogens with one attached hydrogen (secondary N) is 1.